The van der Waals surface area contributed by atoms with E-state index >= 15 is 0 Å². The molecule has 0 aromatic heterocycles. The van der Waals surface area contributed by atoms with E-state index in [2.05, 4.69) is 0 Å². The summed E-state index contributed by atoms with van der Waals surface area (Å²) in [4.78, 5) is 0. The second-order valence-corrected chi connectivity index (χ2v) is 4.88. The molecule has 1 atom stereocenters. The lowest BCUT2D eigenvalue weighted by Crippen LogP contribution is -2.37. The smallest absolute Gasteiger partial charge is 0.115 e. The SMILES string of the molecule is CC(F)C1(c2cccc(O)c2)CCCCC1. The van der Waals surface area contributed by atoms with E-state index in [1.54, 1.807) is 19.1 Å². The van der Waals surface area contributed by atoms with Gasteiger partial charge in [0.1, 0.15) is 11.9 Å². The first kappa shape index (κ1) is 11.4. The summed E-state index contributed by atoms with van der Waals surface area (Å²) in [6.45, 7) is 1.65. The van der Waals surface area contributed by atoms with E-state index in [-0.39, 0.29) is 11.2 Å². The van der Waals surface area contributed by atoms with Crippen molar-refractivity contribution < 1.29 is 9.50 Å². The summed E-state index contributed by atoms with van der Waals surface area (Å²) in [6.07, 6.45) is 4.32. The Morgan fingerprint density at radius 1 is 1.25 bits per heavy atom. The van der Waals surface area contributed by atoms with Crippen molar-refractivity contribution in [3.05, 3.63) is 29.8 Å². The molecule has 1 saturated carbocycles. The van der Waals surface area contributed by atoms with Crippen LogP contribution in [0.25, 0.3) is 0 Å². The molecule has 88 valence electrons. The van der Waals surface area contributed by atoms with Gasteiger partial charge in [-0.1, -0.05) is 31.4 Å². The minimum absolute atomic E-state index is 0.239. The predicted octanol–water partition coefficient (Wildman–Crippen LogP) is 3.95. The third kappa shape index (κ3) is 1.93. The lowest BCUT2D eigenvalue weighted by Gasteiger charge is -2.39. The molecular formula is C14H19FO. The Morgan fingerprint density at radius 2 is 1.94 bits per heavy atom. The fourth-order valence-corrected chi connectivity index (χ4v) is 2.91. The van der Waals surface area contributed by atoms with Crippen LogP contribution >= 0.6 is 0 Å². The van der Waals surface area contributed by atoms with Gasteiger partial charge in [-0.2, -0.15) is 0 Å². The normalized spacial score (nSPS) is 21.6. The molecule has 0 heterocycles. The molecule has 1 nitrogen and oxygen atoms in total. The number of phenols is 1. The van der Waals surface area contributed by atoms with E-state index in [0.29, 0.717) is 0 Å². The van der Waals surface area contributed by atoms with E-state index in [0.717, 1.165) is 31.2 Å². The number of rotatable bonds is 2. The summed E-state index contributed by atoms with van der Waals surface area (Å²) >= 11 is 0. The summed E-state index contributed by atoms with van der Waals surface area (Å²) in [7, 11) is 0. The first-order chi connectivity index (χ1) is 7.65. The van der Waals surface area contributed by atoms with E-state index in [1.807, 2.05) is 12.1 Å². The molecule has 1 fully saturated rings. The minimum Gasteiger partial charge on any atom is -0.508 e. The molecule has 1 unspecified atom stereocenters. The number of hydrogen-bond acceptors (Lipinski definition) is 1. The van der Waals surface area contributed by atoms with Crippen molar-refractivity contribution >= 4 is 0 Å². The average molecular weight is 222 g/mol. The monoisotopic (exact) mass is 222 g/mol. The summed E-state index contributed by atoms with van der Waals surface area (Å²) < 4.78 is 14.0. The fourth-order valence-electron chi connectivity index (χ4n) is 2.91. The Bertz CT molecular complexity index is 354. The highest BCUT2D eigenvalue weighted by molar-refractivity contribution is 5.34. The van der Waals surface area contributed by atoms with Crippen molar-refractivity contribution in [2.45, 2.75) is 50.6 Å². The second kappa shape index (κ2) is 4.44. The van der Waals surface area contributed by atoms with Gasteiger partial charge in [-0.25, -0.2) is 4.39 Å². The van der Waals surface area contributed by atoms with Gasteiger partial charge in [-0.15, -0.1) is 0 Å². The number of benzene rings is 1. The van der Waals surface area contributed by atoms with Crippen LogP contribution in [0.3, 0.4) is 0 Å². The highest BCUT2D eigenvalue weighted by atomic mass is 19.1. The van der Waals surface area contributed by atoms with Crippen LogP contribution in [0, 0.1) is 0 Å². The lowest BCUT2D eigenvalue weighted by atomic mass is 9.67. The fraction of sp³-hybridized carbons (Fsp3) is 0.571. The molecule has 0 saturated heterocycles. The Kier molecular flexibility index (Phi) is 3.17. The molecule has 1 aromatic carbocycles. The van der Waals surface area contributed by atoms with Crippen LogP contribution in [0.4, 0.5) is 4.39 Å². The zero-order chi connectivity index (χ0) is 11.6. The van der Waals surface area contributed by atoms with E-state index < -0.39 is 6.17 Å². The van der Waals surface area contributed by atoms with Crippen LogP contribution < -0.4 is 0 Å². The Balaban J connectivity index is 2.38. The second-order valence-electron chi connectivity index (χ2n) is 4.88. The molecule has 0 amide bonds. The van der Waals surface area contributed by atoms with Crippen molar-refractivity contribution in [2.75, 3.05) is 0 Å². The van der Waals surface area contributed by atoms with Crippen LogP contribution in [-0.4, -0.2) is 11.3 Å². The van der Waals surface area contributed by atoms with Crippen LogP contribution in [0.5, 0.6) is 5.75 Å². The van der Waals surface area contributed by atoms with Gasteiger partial charge >= 0.3 is 0 Å². The number of phenolic OH excluding ortho intramolecular Hbond substituents is 1. The van der Waals surface area contributed by atoms with Gasteiger partial charge in [0.25, 0.3) is 0 Å². The van der Waals surface area contributed by atoms with E-state index in [4.69, 9.17) is 0 Å². The highest BCUT2D eigenvalue weighted by Gasteiger charge is 2.39. The molecule has 0 aliphatic heterocycles. The Morgan fingerprint density at radius 3 is 2.50 bits per heavy atom. The van der Waals surface area contributed by atoms with Gasteiger partial charge < -0.3 is 5.11 Å². The number of halogens is 1. The summed E-state index contributed by atoms with van der Waals surface area (Å²) in [5.41, 5.74) is 0.596. The summed E-state index contributed by atoms with van der Waals surface area (Å²) in [5, 5.41) is 9.52. The molecule has 2 rings (SSSR count). The van der Waals surface area contributed by atoms with Crippen molar-refractivity contribution in [2.24, 2.45) is 0 Å². The number of hydrogen-bond donors (Lipinski definition) is 1. The van der Waals surface area contributed by atoms with Crippen molar-refractivity contribution in [1.29, 1.82) is 0 Å². The first-order valence-electron chi connectivity index (χ1n) is 6.09. The molecule has 1 aromatic rings. The van der Waals surface area contributed by atoms with Crippen LogP contribution in [0.15, 0.2) is 24.3 Å². The maximum absolute atomic E-state index is 14.0. The molecule has 16 heavy (non-hydrogen) atoms. The van der Waals surface area contributed by atoms with Gasteiger partial charge in [0, 0.05) is 5.41 Å². The molecule has 0 bridgehead atoms. The third-order valence-electron chi connectivity index (χ3n) is 3.93. The van der Waals surface area contributed by atoms with Gasteiger partial charge in [-0.3, -0.25) is 0 Å². The lowest BCUT2D eigenvalue weighted by molar-refractivity contribution is 0.150. The van der Waals surface area contributed by atoms with Gasteiger partial charge in [0.15, 0.2) is 0 Å². The predicted molar refractivity (Wildman–Crippen MR) is 63.4 cm³/mol. The highest BCUT2D eigenvalue weighted by Crippen LogP contribution is 2.44. The van der Waals surface area contributed by atoms with E-state index in [1.165, 1.54) is 6.42 Å². The molecule has 2 heteroatoms. The van der Waals surface area contributed by atoms with Crippen LogP contribution in [-0.2, 0) is 5.41 Å². The van der Waals surface area contributed by atoms with Crippen molar-refractivity contribution in [3.63, 3.8) is 0 Å². The topological polar surface area (TPSA) is 20.2 Å². The third-order valence-corrected chi connectivity index (χ3v) is 3.93. The van der Waals surface area contributed by atoms with Gasteiger partial charge in [0.2, 0.25) is 0 Å². The summed E-state index contributed by atoms with van der Waals surface area (Å²) in [6, 6.07) is 7.12. The van der Waals surface area contributed by atoms with Gasteiger partial charge in [-0.05, 0) is 37.5 Å². The maximum atomic E-state index is 14.0. The van der Waals surface area contributed by atoms with Crippen LogP contribution in [0.2, 0.25) is 0 Å². The molecule has 1 aliphatic rings. The largest absolute Gasteiger partial charge is 0.508 e. The average Bonchev–Trinajstić information content (AvgIpc) is 2.30. The number of aromatic hydroxyl groups is 1. The Hall–Kier alpha value is -1.05. The standard InChI is InChI=1S/C14H19FO/c1-11(15)14(8-3-2-4-9-14)12-6-5-7-13(16)10-12/h5-7,10-11,16H,2-4,8-9H2,1H3. The van der Waals surface area contributed by atoms with Crippen LogP contribution in [0.1, 0.15) is 44.6 Å². The molecular weight excluding hydrogens is 203 g/mol. The van der Waals surface area contributed by atoms with Gasteiger partial charge in [0.05, 0.1) is 0 Å². The summed E-state index contributed by atoms with van der Waals surface area (Å²) in [5.74, 6) is 0.239. The molecule has 0 spiro atoms. The molecule has 1 aliphatic carbocycles. The molecule has 1 N–H and O–H groups in total. The molecule has 0 radical (unpaired) electrons. The van der Waals surface area contributed by atoms with E-state index in [9.17, 15) is 9.50 Å². The Labute approximate surface area is 96.3 Å². The maximum Gasteiger partial charge on any atom is 0.115 e. The van der Waals surface area contributed by atoms with Crippen molar-refractivity contribution in [1.82, 2.24) is 0 Å². The van der Waals surface area contributed by atoms with Crippen molar-refractivity contribution in [3.8, 4) is 5.75 Å². The zero-order valence-electron chi connectivity index (χ0n) is 9.75. The minimum atomic E-state index is -0.852. The quantitative estimate of drug-likeness (QED) is 0.803. The zero-order valence-corrected chi connectivity index (χ0v) is 9.75. The number of alkyl halides is 1. The first-order valence-corrected chi connectivity index (χ1v) is 6.09.